The van der Waals surface area contributed by atoms with Crippen molar-refractivity contribution in [1.82, 2.24) is 0 Å². The Morgan fingerprint density at radius 2 is 0.857 bits per heavy atom. The SMILES string of the molecule is Cc1c(C)c(N=O)c(C)c(C)c1N=O. The molecule has 0 aromatic heterocycles. The Morgan fingerprint density at radius 3 is 1.00 bits per heavy atom. The summed E-state index contributed by atoms with van der Waals surface area (Å²) >= 11 is 0. The Hall–Kier alpha value is -1.58. The van der Waals surface area contributed by atoms with Gasteiger partial charge in [0.05, 0.1) is 0 Å². The molecule has 0 unspecified atom stereocenters. The van der Waals surface area contributed by atoms with Gasteiger partial charge < -0.3 is 0 Å². The molecule has 0 aliphatic rings. The van der Waals surface area contributed by atoms with Crippen molar-refractivity contribution in [2.45, 2.75) is 27.7 Å². The van der Waals surface area contributed by atoms with Crippen LogP contribution in [0.3, 0.4) is 0 Å². The summed E-state index contributed by atoms with van der Waals surface area (Å²) in [6.45, 7) is 7.08. The Kier molecular flexibility index (Phi) is 2.74. The Labute approximate surface area is 82.3 Å². The van der Waals surface area contributed by atoms with Crippen LogP contribution < -0.4 is 0 Å². The molecular formula is C10H12N2O2. The van der Waals surface area contributed by atoms with E-state index in [9.17, 15) is 9.81 Å². The van der Waals surface area contributed by atoms with Gasteiger partial charge in [-0.25, -0.2) is 0 Å². The van der Waals surface area contributed by atoms with Gasteiger partial charge in [0.2, 0.25) is 0 Å². The van der Waals surface area contributed by atoms with Crippen LogP contribution >= 0.6 is 0 Å². The van der Waals surface area contributed by atoms with E-state index in [4.69, 9.17) is 0 Å². The van der Waals surface area contributed by atoms with Crippen LogP contribution in [0, 0.1) is 37.5 Å². The molecule has 0 saturated heterocycles. The standard InChI is InChI=1S/C10H12N2O2/c1-5-6(2)10(12-14)8(4)7(3)9(5)11-13/h1-4H3. The lowest BCUT2D eigenvalue weighted by molar-refractivity contribution is 1.20. The molecule has 0 saturated carbocycles. The molecule has 14 heavy (non-hydrogen) atoms. The maximum absolute atomic E-state index is 10.6. The molecule has 0 atom stereocenters. The molecule has 1 aromatic carbocycles. The van der Waals surface area contributed by atoms with Crippen molar-refractivity contribution in [2.24, 2.45) is 10.4 Å². The third-order valence-corrected chi connectivity index (χ3v) is 2.73. The van der Waals surface area contributed by atoms with E-state index in [2.05, 4.69) is 10.4 Å². The molecule has 0 spiro atoms. The van der Waals surface area contributed by atoms with Gasteiger partial charge in [-0.1, -0.05) is 0 Å². The molecule has 0 amide bonds. The number of benzene rings is 1. The summed E-state index contributed by atoms with van der Waals surface area (Å²) in [5.74, 6) is 0. The first-order valence-corrected chi connectivity index (χ1v) is 4.31. The molecule has 0 fully saturated rings. The van der Waals surface area contributed by atoms with E-state index < -0.39 is 0 Å². The van der Waals surface area contributed by atoms with Gasteiger partial charge in [-0.05, 0) is 60.3 Å². The lowest BCUT2D eigenvalue weighted by Crippen LogP contribution is -1.91. The van der Waals surface area contributed by atoms with Crippen LogP contribution in [0.15, 0.2) is 10.4 Å². The number of nitrogens with zero attached hydrogens (tertiary/aromatic N) is 2. The van der Waals surface area contributed by atoms with Crippen LogP contribution in [0.2, 0.25) is 0 Å². The lowest BCUT2D eigenvalue weighted by Gasteiger charge is -2.11. The summed E-state index contributed by atoms with van der Waals surface area (Å²) < 4.78 is 0. The van der Waals surface area contributed by atoms with Crippen LogP contribution in [0.1, 0.15) is 22.3 Å². The van der Waals surface area contributed by atoms with E-state index in [0.29, 0.717) is 11.4 Å². The zero-order valence-electron chi connectivity index (χ0n) is 8.71. The molecule has 1 aromatic rings. The van der Waals surface area contributed by atoms with Crippen molar-refractivity contribution in [3.63, 3.8) is 0 Å². The van der Waals surface area contributed by atoms with Gasteiger partial charge in [0.15, 0.2) is 0 Å². The highest BCUT2D eigenvalue weighted by molar-refractivity contribution is 5.68. The van der Waals surface area contributed by atoms with E-state index in [1.807, 2.05) is 0 Å². The van der Waals surface area contributed by atoms with Gasteiger partial charge in [-0.3, -0.25) is 0 Å². The number of rotatable bonds is 2. The second kappa shape index (κ2) is 3.65. The van der Waals surface area contributed by atoms with E-state index >= 15 is 0 Å². The lowest BCUT2D eigenvalue weighted by atomic mass is 9.96. The highest BCUT2D eigenvalue weighted by Crippen LogP contribution is 2.36. The number of hydrogen-bond donors (Lipinski definition) is 0. The quantitative estimate of drug-likeness (QED) is 0.670. The Balaban J connectivity index is 3.71. The smallest absolute Gasteiger partial charge is 0.114 e. The van der Waals surface area contributed by atoms with Crippen molar-refractivity contribution in [3.8, 4) is 0 Å². The van der Waals surface area contributed by atoms with E-state index in [1.165, 1.54) is 0 Å². The fraction of sp³-hybridized carbons (Fsp3) is 0.400. The average Bonchev–Trinajstić information content (AvgIpc) is 2.17. The number of nitroso groups, excluding NO2 is 2. The average molecular weight is 192 g/mol. The van der Waals surface area contributed by atoms with E-state index in [1.54, 1.807) is 27.7 Å². The zero-order chi connectivity index (χ0) is 10.9. The fourth-order valence-electron chi connectivity index (χ4n) is 1.55. The minimum absolute atomic E-state index is 0.424. The van der Waals surface area contributed by atoms with Crippen LogP contribution in [-0.2, 0) is 0 Å². The van der Waals surface area contributed by atoms with Gasteiger partial charge in [-0.15, -0.1) is 9.81 Å². The van der Waals surface area contributed by atoms with Crippen LogP contribution in [0.5, 0.6) is 0 Å². The molecule has 0 aliphatic carbocycles. The molecule has 0 N–H and O–H groups in total. The Bertz CT molecular complexity index is 343. The topological polar surface area (TPSA) is 58.9 Å². The summed E-state index contributed by atoms with van der Waals surface area (Å²) in [7, 11) is 0. The first-order valence-electron chi connectivity index (χ1n) is 4.31. The molecule has 4 heteroatoms. The predicted octanol–water partition coefficient (Wildman–Crippen LogP) is 3.72. The summed E-state index contributed by atoms with van der Waals surface area (Å²) in [4.78, 5) is 21.2. The van der Waals surface area contributed by atoms with E-state index in [0.717, 1.165) is 22.3 Å². The minimum atomic E-state index is 0.424. The van der Waals surface area contributed by atoms with Crippen LogP contribution in [0.25, 0.3) is 0 Å². The largest absolute Gasteiger partial charge is 0.145 e. The van der Waals surface area contributed by atoms with E-state index in [-0.39, 0.29) is 0 Å². The van der Waals surface area contributed by atoms with Crippen molar-refractivity contribution in [1.29, 1.82) is 0 Å². The van der Waals surface area contributed by atoms with Gasteiger partial charge in [0.25, 0.3) is 0 Å². The first-order chi connectivity index (χ1) is 6.54. The van der Waals surface area contributed by atoms with Gasteiger partial charge in [0, 0.05) is 0 Å². The third-order valence-electron chi connectivity index (χ3n) is 2.73. The second-order valence-corrected chi connectivity index (χ2v) is 3.38. The zero-order valence-corrected chi connectivity index (χ0v) is 8.71. The third kappa shape index (κ3) is 1.32. The van der Waals surface area contributed by atoms with Gasteiger partial charge in [0.1, 0.15) is 11.4 Å². The van der Waals surface area contributed by atoms with Crippen molar-refractivity contribution in [3.05, 3.63) is 32.1 Å². The monoisotopic (exact) mass is 192 g/mol. The molecule has 1 rings (SSSR count). The molecule has 4 nitrogen and oxygen atoms in total. The minimum Gasteiger partial charge on any atom is -0.145 e. The highest BCUT2D eigenvalue weighted by Gasteiger charge is 2.15. The van der Waals surface area contributed by atoms with Crippen LogP contribution in [-0.4, -0.2) is 0 Å². The first kappa shape index (κ1) is 10.5. The second-order valence-electron chi connectivity index (χ2n) is 3.38. The molecule has 0 heterocycles. The Morgan fingerprint density at radius 1 is 0.643 bits per heavy atom. The summed E-state index contributed by atoms with van der Waals surface area (Å²) in [6.07, 6.45) is 0. The summed E-state index contributed by atoms with van der Waals surface area (Å²) in [5.41, 5.74) is 3.78. The van der Waals surface area contributed by atoms with Crippen molar-refractivity contribution in [2.75, 3.05) is 0 Å². The van der Waals surface area contributed by atoms with Crippen molar-refractivity contribution >= 4 is 11.4 Å². The highest BCUT2D eigenvalue weighted by atomic mass is 16.3. The molecule has 0 radical (unpaired) electrons. The van der Waals surface area contributed by atoms with Gasteiger partial charge in [-0.2, -0.15) is 0 Å². The maximum atomic E-state index is 10.6. The number of hydrogen-bond acceptors (Lipinski definition) is 4. The summed E-state index contributed by atoms with van der Waals surface area (Å²) in [6, 6.07) is 0. The van der Waals surface area contributed by atoms with Crippen LogP contribution in [0.4, 0.5) is 11.4 Å². The maximum Gasteiger partial charge on any atom is 0.114 e. The predicted molar refractivity (Wildman–Crippen MR) is 56.3 cm³/mol. The molecule has 0 aliphatic heterocycles. The summed E-state index contributed by atoms with van der Waals surface area (Å²) in [5, 5.41) is 5.95. The molecule has 0 bridgehead atoms. The fourth-order valence-corrected chi connectivity index (χ4v) is 1.55. The normalized spacial score (nSPS) is 10.0. The van der Waals surface area contributed by atoms with Crippen molar-refractivity contribution < 1.29 is 0 Å². The molecular weight excluding hydrogens is 180 g/mol. The van der Waals surface area contributed by atoms with Gasteiger partial charge >= 0.3 is 0 Å². The molecule has 74 valence electrons.